The Morgan fingerprint density at radius 2 is 1.34 bits per heavy atom. The molecule has 0 aliphatic heterocycles. The molecule has 47 heavy (non-hydrogen) atoms. The van der Waals surface area contributed by atoms with E-state index in [1.807, 2.05) is 79.7 Å². The molecule has 5 rings (SSSR count). The van der Waals surface area contributed by atoms with Gasteiger partial charge < -0.3 is 20.7 Å². The number of ether oxygens (including phenoxy) is 1. The number of nitrogens with one attached hydrogen (secondary N) is 3. The average molecular weight is 662 g/mol. The van der Waals surface area contributed by atoms with E-state index in [2.05, 4.69) is 16.0 Å². The SMILES string of the molecule is CC(Sc1ccc(NC(=O)/C(=C/c2ccc(OCc3ccccc3)cc2)NC(=O)c2ccccc2)cc1)C(=O)Nc1ccc(Cl)cc1. The van der Waals surface area contributed by atoms with Crippen LogP contribution >= 0.6 is 23.4 Å². The van der Waals surface area contributed by atoms with Crippen LogP contribution in [-0.4, -0.2) is 23.0 Å². The summed E-state index contributed by atoms with van der Waals surface area (Å²) < 4.78 is 5.88. The topological polar surface area (TPSA) is 96.5 Å². The van der Waals surface area contributed by atoms with Crippen LogP contribution in [0.25, 0.3) is 6.08 Å². The van der Waals surface area contributed by atoms with E-state index in [-0.39, 0.29) is 16.9 Å². The van der Waals surface area contributed by atoms with Crippen LogP contribution in [0.15, 0.2) is 144 Å². The summed E-state index contributed by atoms with van der Waals surface area (Å²) in [5, 5.41) is 8.73. The summed E-state index contributed by atoms with van der Waals surface area (Å²) in [5.41, 5.74) is 3.45. The van der Waals surface area contributed by atoms with E-state index < -0.39 is 11.8 Å². The van der Waals surface area contributed by atoms with Crippen molar-refractivity contribution >= 4 is 58.5 Å². The van der Waals surface area contributed by atoms with Crippen molar-refractivity contribution in [2.75, 3.05) is 10.6 Å². The van der Waals surface area contributed by atoms with Crippen LogP contribution in [0.5, 0.6) is 5.75 Å². The van der Waals surface area contributed by atoms with Gasteiger partial charge in [-0.25, -0.2) is 0 Å². The first kappa shape index (κ1) is 33.1. The van der Waals surface area contributed by atoms with E-state index in [4.69, 9.17) is 16.3 Å². The molecule has 0 aliphatic carbocycles. The van der Waals surface area contributed by atoms with Crippen molar-refractivity contribution in [3.8, 4) is 5.75 Å². The lowest BCUT2D eigenvalue weighted by molar-refractivity contribution is -0.115. The van der Waals surface area contributed by atoms with Crippen molar-refractivity contribution in [1.82, 2.24) is 5.32 Å². The fourth-order valence-electron chi connectivity index (χ4n) is 4.36. The largest absolute Gasteiger partial charge is 0.489 e. The third-order valence-electron chi connectivity index (χ3n) is 6.87. The van der Waals surface area contributed by atoms with Crippen LogP contribution in [0.4, 0.5) is 11.4 Å². The first-order valence-electron chi connectivity index (χ1n) is 14.8. The van der Waals surface area contributed by atoms with E-state index in [9.17, 15) is 14.4 Å². The van der Waals surface area contributed by atoms with Gasteiger partial charge in [-0.1, -0.05) is 72.3 Å². The number of amides is 3. The third-order valence-corrected chi connectivity index (χ3v) is 8.24. The minimum Gasteiger partial charge on any atom is -0.489 e. The number of thioether (sulfide) groups is 1. The molecule has 0 aliphatic rings. The van der Waals surface area contributed by atoms with Crippen LogP contribution in [0.2, 0.25) is 5.02 Å². The van der Waals surface area contributed by atoms with E-state index in [1.165, 1.54) is 11.8 Å². The number of benzene rings is 5. The van der Waals surface area contributed by atoms with E-state index >= 15 is 0 Å². The minimum absolute atomic E-state index is 0.0720. The molecule has 236 valence electrons. The first-order valence-corrected chi connectivity index (χ1v) is 16.1. The van der Waals surface area contributed by atoms with Gasteiger partial charge in [0.1, 0.15) is 18.1 Å². The van der Waals surface area contributed by atoms with Gasteiger partial charge in [0.05, 0.1) is 5.25 Å². The summed E-state index contributed by atoms with van der Waals surface area (Å²) in [6.45, 7) is 2.25. The predicted octanol–water partition coefficient (Wildman–Crippen LogP) is 8.45. The number of hydrogen-bond acceptors (Lipinski definition) is 5. The molecule has 9 heteroatoms. The molecule has 1 atom stereocenters. The van der Waals surface area contributed by atoms with Crippen molar-refractivity contribution in [1.29, 1.82) is 0 Å². The van der Waals surface area contributed by atoms with E-state index in [0.717, 1.165) is 10.5 Å². The van der Waals surface area contributed by atoms with Gasteiger partial charge in [0.25, 0.3) is 11.8 Å². The Bertz CT molecular complexity index is 1830. The summed E-state index contributed by atoms with van der Waals surface area (Å²) in [6.07, 6.45) is 1.61. The summed E-state index contributed by atoms with van der Waals surface area (Å²) in [5.74, 6) is -0.364. The molecule has 0 heterocycles. The molecule has 0 aromatic heterocycles. The van der Waals surface area contributed by atoms with Crippen molar-refractivity contribution in [2.45, 2.75) is 23.7 Å². The maximum Gasteiger partial charge on any atom is 0.272 e. The van der Waals surface area contributed by atoms with Gasteiger partial charge in [-0.15, -0.1) is 11.8 Å². The summed E-state index contributed by atoms with van der Waals surface area (Å²) in [7, 11) is 0. The average Bonchev–Trinajstić information content (AvgIpc) is 3.10. The van der Waals surface area contributed by atoms with Crippen molar-refractivity contribution < 1.29 is 19.1 Å². The zero-order chi connectivity index (χ0) is 33.0. The molecule has 0 bridgehead atoms. The van der Waals surface area contributed by atoms with Crippen molar-refractivity contribution in [2.24, 2.45) is 0 Å². The molecule has 7 nitrogen and oxygen atoms in total. The van der Waals surface area contributed by atoms with E-state index in [0.29, 0.717) is 39.9 Å². The maximum absolute atomic E-state index is 13.5. The molecular formula is C38H32ClN3O4S. The van der Waals surface area contributed by atoms with Gasteiger partial charge >= 0.3 is 0 Å². The molecule has 0 radical (unpaired) electrons. The monoisotopic (exact) mass is 661 g/mol. The van der Waals surface area contributed by atoms with Crippen LogP contribution in [0.1, 0.15) is 28.4 Å². The Labute approximate surface area is 283 Å². The van der Waals surface area contributed by atoms with Crippen molar-refractivity contribution in [3.63, 3.8) is 0 Å². The summed E-state index contributed by atoms with van der Waals surface area (Å²) >= 11 is 7.32. The Morgan fingerprint density at radius 3 is 2.00 bits per heavy atom. The summed E-state index contributed by atoms with van der Waals surface area (Å²) in [4.78, 5) is 40.0. The lowest BCUT2D eigenvalue weighted by Crippen LogP contribution is -2.30. The Balaban J connectivity index is 1.24. The maximum atomic E-state index is 13.5. The molecule has 3 N–H and O–H groups in total. The molecule has 1 unspecified atom stereocenters. The lowest BCUT2D eigenvalue weighted by Gasteiger charge is -2.14. The molecule has 0 spiro atoms. The second-order valence-electron chi connectivity index (χ2n) is 10.5. The molecule has 3 amide bonds. The molecule has 0 fully saturated rings. The molecule has 5 aromatic carbocycles. The molecule has 5 aromatic rings. The Morgan fingerprint density at radius 1 is 0.745 bits per heavy atom. The number of anilines is 2. The van der Waals surface area contributed by atoms with Gasteiger partial charge in [-0.05, 0) is 96.9 Å². The van der Waals surface area contributed by atoms with Gasteiger partial charge in [-0.2, -0.15) is 0 Å². The van der Waals surface area contributed by atoms with Crippen LogP contribution in [-0.2, 0) is 16.2 Å². The molecular weight excluding hydrogens is 630 g/mol. The number of carbonyl (C=O) groups excluding carboxylic acids is 3. The standard InChI is InChI=1S/C38H32ClN3O4S/c1-26(36(43)40-31-16-14-30(39)15-17-31)47-34-22-18-32(19-23-34)41-38(45)35(42-37(44)29-10-6-3-7-11-29)24-27-12-20-33(21-13-27)46-25-28-8-4-2-5-9-28/h2-24,26H,25H2,1H3,(H,40,43)(H,41,45)(H,42,44)/b35-24-. The van der Waals surface area contributed by atoms with Crippen LogP contribution in [0.3, 0.4) is 0 Å². The first-order chi connectivity index (χ1) is 22.8. The van der Waals surface area contributed by atoms with Crippen molar-refractivity contribution in [3.05, 3.63) is 161 Å². The fraction of sp³-hybridized carbons (Fsp3) is 0.0789. The highest BCUT2D eigenvalue weighted by atomic mass is 35.5. The normalized spacial score (nSPS) is 11.7. The highest BCUT2D eigenvalue weighted by Crippen LogP contribution is 2.26. The number of halogens is 1. The zero-order valence-electron chi connectivity index (χ0n) is 25.5. The number of rotatable bonds is 12. The third kappa shape index (κ3) is 10.1. The zero-order valence-corrected chi connectivity index (χ0v) is 27.1. The Kier molecular flexibility index (Phi) is 11.5. The fourth-order valence-corrected chi connectivity index (χ4v) is 5.35. The number of hydrogen-bond donors (Lipinski definition) is 3. The Hall–Kier alpha value is -5.31. The second kappa shape index (κ2) is 16.3. The van der Waals surface area contributed by atoms with Gasteiger partial charge in [0.2, 0.25) is 5.91 Å². The second-order valence-corrected chi connectivity index (χ2v) is 12.3. The van der Waals surface area contributed by atoms with E-state index in [1.54, 1.807) is 66.7 Å². The highest BCUT2D eigenvalue weighted by Gasteiger charge is 2.17. The van der Waals surface area contributed by atoms with Crippen LogP contribution in [0, 0.1) is 0 Å². The van der Waals surface area contributed by atoms with Gasteiger partial charge in [0, 0.05) is 26.9 Å². The molecule has 0 saturated heterocycles. The smallest absolute Gasteiger partial charge is 0.272 e. The minimum atomic E-state index is -0.491. The van der Waals surface area contributed by atoms with Gasteiger partial charge in [0.15, 0.2) is 0 Å². The molecule has 0 saturated carbocycles. The highest BCUT2D eigenvalue weighted by molar-refractivity contribution is 8.00. The predicted molar refractivity (Wildman–Crippen MR) is 190 cm³/mol. The summed E-state index contributed by atoms with van der Waals surface area (Å²) in [6, 6.07) is 39.9. The van der Waals surface area contributed by atoms with Gasteiger partial charge in [-0.3, -0.25) is 14.4 Å². The quantitative estimate of drug-likeness (QED) is 0.0921. The number of carbonyl (C=O) groups is 3. The van der Waals surface area contributed by atoms with Crippen LogP contribution < -0.4 is 20.7 Å². The lowest BCUT2D eigenvalue weighted by atomic mass is 10.1.